The highest BCUT2D eigenvalue weighted by Crippen LogP contribution is 2.25. The third-order valence-electron chi connectivity index (χ3n) is 5.07. The van der Waals surface area contributed by atoms with E-state index >= 15 is 0 Å². The van der Waals surface area contributed by atoms with Gasteiger partial charge in [-0.2, -0.15) is 0 Å². The Morgan fingerprint density at radius 1 is 1.13 bits per heavy atom. The second-order valence-corrected chi connectivity index (χ2v) is 8.90. The smallest absolute Gasteiger partial charge is 0.191 e. The lowest BCUT2D eigenvalue weighted by atomic mass is 10.2. The molecule has 30 heavy (non-hydrogen) atoms. The van der Waals surface area contributed by atoms with Crippen LogP contribution in [0.3, 0.4) is 0 Å². The molecule has 0 radical (unpaired) electrons. The Hall–Kier alpha value is -2.26. The molecule has 0 bridgehead atoms. The Bertz CT molecular complexity index is 920. The van der Waals surface area contributed by atoms with Gasteiger partial charge in [0.25, 0.3) is 0 Å². The first-order valence-electron chi connectivity index (χ1n) is 10.1. The van der Waals surface area contributed by atoms with Gasteiger partial charge in [-0.3, -0.25) is 9.89 Å². The molecule has 1 atom stereocenters. The number of morpholine rings is 1. The number of nitrogens with zero attached hydrogens (tertiary/aromatic N) is 3. The Morgan fingerprint density at radius 3 is 2.70 bits per heavy atom. The molecule has 1 fully saturated rings. The first-order valence-corrected chi connectivity index (χ1v) is 11.9. The van der Waals surface area contributed by atoms with Crippen LogP contribution in [0.25, 0.3) is 11.3 Å². The SMILES string of the molecule is CN=C(NCc1nc(-c2ccccc2)cs1)NCC(c1cccs1)N1CCOCC1. The third kappa shape index (κ3) is 5.46. The predicted molar refractivity (Wildman–Crippen MR) is 125 cm³/mol. The Kier molecular flexibility index (Phi) is 7.47. The molecule has 1 aromatic carbocycles. The Balaban J connectivity index is 1.33. The molecule has 1 aliphatic rings. The monoisotopic (exact) mass is 441 g/mol. The molecule has 4 rings (SSSR count). The van der Waals surface area contributed by atoms with E-state index in [0.29, 0.717) is 12.6 Å². The molecule has 1 saturated heterocycles. The van der Waals surface area contributed by atoms with E-state index in [1.165, 1.54) is 4.88 Å². The summed E-state index contributed by atoms with van der Waals surface area (Å²) < 4.78 is 5.53. The van der Waals surface area contributed by atoms with E-state index in [4.69, 9.17) is 9.72 Å². The van der Waals surface area contributed by atoms with Crippen LogP contribution in [-0.4, -0.2) is 55.7 Å². The van der Waals surface area contributed by atoms with Gasteiger partial charge in [0.05, 0.1) is 31.5 Å². The van der Waals surface area contributed by atoms with Crippen LogP contribution in [0, 0.1) is 0 Å². The van der Waals surface area contributed by atoms with Gasteiger partial charge in [0, 0.05) is 42.5 Å². The second-order valence-electron chi connectivity index (χ2n) is 6.98. The zero-order valence-corrected chi connectivity index (χ0v) is 18.7. The van der Waals surface area contributed by atoms with Crippen molar-refractivity contribution >= 4 is 28.6 Å². The van der Waals surface area contributed by atoms with Crippen LogP contribution in [0.5, 0.6) is 0 Å². The van der Waals surface area contributed by atoms with E-state index in [1.54, 1.807) is 22.7 Å². The van der Waals surface area contributed by atoms with Crippen LogP contribution in [0.4, 0.5) is 0 Å². The molecule has 0 amide bonds. The highest BCUT2D eigenvalue weighted by atomic mass is 32.1. The van der Waals surface area contributed by atoms with Crippen molar-refractivity contribution in [2.45, 2.75) is 12.6 Å². The lowest BCUT2D eigenvalue weighted by molar-refractivity contribution is 0.0177. The lowest BCUT2D eigenvalue weighted by Gasteiger charge is -2.34. The van der Waals surface area contributed by atoms with E-state index in [2.05, 4.69) is 55.6 Å². The molecular formula is C22H27N5OS2. The van der Waals surface area contributed by atoms with Gasteiger partial charge in [0.15, 0.2) is 5.96 Å². The molecule has 3 heterocycles. The van der Waals surface area contributed by atoms with Gasteiger partial charge >= 0.3 is 0 Å². The normalized spacial score (nSPS) is 16.4. The summed E-state index contributed by atoms with van der Waals surface area (Å²) in [7, 11) is 1.81. The van der Waals surface area contributed by atoms with Gasteiger partial charge in [-0.1, -0.05) is 36.4 Å². The highest BCUT2D eigenvalue weighted by molar-refractivity contribution is 7.10. The summed E-state index contributed by atoms with van der Waals surface area (Å²) >= 11 is 3.47. The maximum absolute atomic E-state index is 5.53. The number of nitrogens with one attached hydrogen (secondary N) is 2. The molecular weight excluding hydrogens is 414 g/mol. The zero-order chi connectivity index (χ0) is 20.6. The van der Waals surface area contributed by atoms with E-state index in [9.17, 15) is 0 Å². The van der Waals surface area contributed by atoms with Crippen molar-refractivity contribution < 1.29 is 4.74 Å². The largest absolute Gasteiger partial charge is 0.379 e. The fraction of sp³-hybridized carbons (Fsp3) is 0.364. The van der Waals surface area contributed by atoms with Gasteiger partial charge in [-0.05, 0) is 11.4 Å². The van der Waals surface area contributed by atoms with Crippen LogP contribution >= 0.6 is 22.7 Å². The van der Waals surface area contributed by atoms with Gasteiger partial charge < -0.3 is 15.4 Å². The predicted octanol–water partition coefficient (Wildman–Crippen LogP) is 3.61. The molecule has 6 nitrogen and oxygen atoms in total. The van der Waals surface area contributed by atoms with E-state index < -0.39 is 0 Å². The molecule has 2 N–H and O–H groups in total. The van der Waals surface area contributed by atoms with Gasteiger partial charge in [-0.25, -0.2) is 4.98 Å². The van der Waals surface area contributed by atoms with Crippen molar-refractivity contribution in [3.05, 3.63) is 63.1 Å². The zero-order valence-electron chi connectivity index (χ0n) is 17.1. The minimum atomic E-state index is 0.317. The summed E-state index contributed by atoms with van der Waals surface area (Å²) in [6.45, 7) is 4.95. The van der Waals surface area contributed by atoms with E-state index in [-0.39, 0.29) is 0 Å². The topological polar surface area (TPSA) is 61.8 Å². The first kappa shape index (κ1) is 21.0. The first-order chi connectivity index (χ1) is 14.8. The molecule has 1 aliphatic heterocycles. The van der Waals surface area contributed by atoms with Crippen LogP contribution in [0.2, 0.25) is 0 Å². The standard InChI is InChI=1S/C22H27N5OS2/c1-23-22(25-15-21-26-18(16-30-21)17-6-3-2-4-7-17)24-14-19(20-8-5-13-29-20)27-9-11-28-12-10-27/h2-8,13,16,19H,9-12,14-15H2,1H3,(H2,23,24,25). The molecule has 158 valence electrons. The lowest BCUT2D eigenvalue weighted by Crippen LogP contribution is -2.46. The van der Waals surface area contributed by atoms with E-state index in [0.717, 1.165) is 55.1 Å². The molecule has 0 aliphatic carbocycles. The highest BCUT2D eigenvalue weighted by Gasteiger charge is 2.23. The number of benzene rings is 1. The molecule has 2 aromatic heterocycles. The van der Waals surface area contributed by atoms with Crippen molar-refractivity contribution in [3.8, 4) is 11.3 Å². The second kappa shape index (κ2) is 10.7. The van der Waals surface area contributed by atoms with Crippen molar-refractivity contribution in [2.75, 3.05) is 39.9 Å². The number of thiophene rings is 1. The third-order valence-corrected chi connectivity index (χ3v) is 6.90. The van der Waals surface area contributed by atoms with Gasteiger partial charge in [-0.15, -0.1) is 22.7 Å². The minimum Gasteiger partial charge on any atom is -0.379 e. The number of hydrogen-bond donors (Lipinski definition) is 2. The molecule has 0 saturated carbocycles. The summed E-state index contributed by atoms with van der Waals surface area (Å²) in [5.74, 6) is 0.793. The number of aliphatic imine (C=N–C) groups is 1. The number of hydrogen-bond acceptors (Lipinski definition) is 6. The number of guanidine groups is 1. The average Bonchev–Trinajstić information content (AvgIpc) is 3.50. The Labute approximate surface area is 185 Å². The molecule has 3 aromatic rings. The fourth-order valence-corrected chi connectivity index (χ4v) is 5.09. The Morgan fingerprint density at radius 2 is 1.97 bits per heavy atom. The summed E-state index contributed by atoms with van der Waals surface area (Å²) in [6, 6.07) is 14.9. The minimum absolute atomic E-state index is 0.317. The number of aromatic nitrogens is 1. The summed E-state index contributed by atoms with van der Waals surface area (Å²) in [6.07, 6.45) is 0. The maximum Gasteiger partial charge on any atom is 0.191 e. The van der Waals surface area contributed by atoms with Crippen molar-refractivity contribution in [2.24, 2.45) is 4.99 Å². The number of rotatable bonds is 7. The number of thiazole rings is 1. The van der Waals surface area contributed by atoms with Gasteiger partial charge in [0.2, 0.25) is 0 Å². The summed E-state index contributed by atoms with van der Waals surface area (Å²) in [5, 5.41) is 12.2. The van der Waals surface area contributed by atoms with Crippen molar-refractivity contribution in [3.63, 3.8) is 0 Å². The maximum atomic E-state index is 5.53. The van der Waals surface area contributed by atoms with Crippen molar-refractivity contribution in [1.82, 2.24) is 20.5 Å². The van der Waals surface area contributed by atoms with Crippen LogP contribution in [-0.2, 0) is 11.3 Å². The summed E-state index contributed by atoms with van der Waals surface area (Å²) in [5.41, 5.74) is 2.16. The van der Waals surface area contributed by atoms with Crippen LogP contribution < -0.4 is 10.6 Å². The summed E-state index contributed by atoms with van der Waals surface area (Å²) in [4.78, 5) is 13.0. The number of ether oxygens (including phenoxy) is 1. The average molecular weight is 442 g/mol. The van der Waals surface area contributed by atoms with Crippen LogP contribution in [0.1, 0.15) is 15.9 Å². The van der Waals surface area contributed by atoms with Crippen LogP contribution in [0.15, 0.2) is 58.2 Å². The fourth-order valence-electron chi connectivity index (χ4n) is 3.49. The van der Waals surface area contributed by atoms with Gasteiger partial charge in [0.1, 0.15) is 5.01 Å². The molecule has 0 spiro atoms. The van der Waals surface area contributed by atoms with E-state index in [1.807, 2.05) is 25.2 Å². The van der Waals surface area contributed by atoms with Crippen molar-refractivity contribution in [1.29, 1.82) is 0 Å². The quantitative estimate of drug-likeness (QED) is 0.433. The molecule has 8 heteroatoms. The molecule has 1 unspecified atom stereocenters.